The number of primary amides is 1. The Morgan fingerprint density at radius 1 is 1.32 bits per heavy atom. The summed E-state index contributed by atoms with van der Waals surface area (Å²) in [4.78, 5) is 18.0. The van der Waals surface area contributed by atoms with Crippen LogP contribution in [0.4, 0.5) is 0 Å². The second-order valence-corrected chi connectivity index (χ2v) is 7.82. The fraction of sp³-hybridized carbons (Fsp3) is 0.526. The number of aromatic nitrogens is 2. The molecule has 0 saturated carbocycles. The minimum Gasteiger partial charge on any atom is -0.369 e. The quantitative estimate of drug-likeness (QED) is 0.923. The van der Waals surface area contributed by atoms with Gasteiger partial charge >= 0.3 is 0 Å². The van der Waals surface area contributed by atoms with E-state index in [-0.39, 0.29) is 17.2 Å². The van der Waals surface area contributed by atoms with Crippen LogP contribution in [-0.2, 0) is 16.8 Å². The molecular weight excluding hydrogens is 316 g/mol. The van der Waals surface area contributed by atoms with Crippen molar-refractivity contribution < 1.29 is 9.32 Å². The number of likely N-dealkylation sites (tertiary alicyclic amines) is 1. The Hall–Kier alpha value is -2.21. The van der Waals surface area contributed by atoms with Crippen molar-refractivity contribution in [1.82, 2.24) is 15.0 Å². The van der Waals surface area contributed by atoms with Gasteiger partial charge in [0.05, 0.1) is 12.5 Å². The third-order valence-corrected chi connectivity index (χ3v) is 4.74. The fourth-order valence-corrected chi connectivity index (χ4v) is 3.18. The first-order valence-electron chi connectivity index (χ1n) is 8.78. The Morgan fingerprint density at radius 2 is 2.04 bits per heavy atom. The van der Waals surface area contributed by atoms with Crippen LogP contribution in [0.15, 0.2) is 28.8 Å². The van der Waals surface area contributed by atoms with Crippen molar-refractivity contribution in [2.24, 2.45) is 11.7 Å². The van der Waals surface area contributed by atoms with Crippen molar-refractivity contribution in [2.75, 3.05) is 13.1 Å². The highest BCUT2D eigenvalue weighted by atomic mass is 16.5. The summed E-state index contributed by atoms with van der Waals surface area (Å²) in [6.45, 7) is 8.69. The highest BCUT2D eigenvalue weighted by Gasteiger charge is 2.25. The van der Waals surface area contributed by atoms with Gasteiger partial charge in [-0.1, -0.05) is 50.2 Å². The molecule has 0 spiro atoms. The Morgan fingerprint density at radius 3 is 2.68 bits per heavy atom. The molecule has 1 aromatic heterocycles. The second kappa shape index (κ2) is 6.96. The molecule has 0 radical (unpaired) electrons. The molecule has 25 heavy (non-hydrogen) atoms. The van der Waals surface area contributed by atoms with Gasteiger partial charge in [-0.25, -0.2) is 0 Å². The molecule has 134 valence electrons. The summed E-state index contributed by atoms with van der Waals surface area (Å²) in [6.07, 6.45) is 1.82. The number of carbonyl (C=O) groups excluding carboxylic acids is 1. The van der Waals surface area contributed by atoms with E-state index in [4.69, 9.17) is 10.3 Å². The number of nitrogens with zero attached hydrogens (tertiary/aromatic N) is 3. The van der Waals surface area contributed by atoms with E-state index < -0.39 is 0 Å². The highest BCUT2D eigenvalue weighted by molar-refractivity contribution is 5.76. The maximum absolute atomic E-state index is 11.4. The highest BCUT2D eigenvalue weighted by Crippen LogP contribution is 2.25. The summed E-state index contributed by atoms with van der Waals surface area (Å²) in [5.74, 6) is 0.856. The van der Waals surface area contributed by atoms with Gasteiger partial charge < -0.3 is 10.3 Å². The Labute approximate surface area is 148 Å². The average Bonchev–Trinajstić information content (AvgIpc) is 3.03. The summed E-state index contributed by atoms with van der Waals surface area (Å²) in [5.41, 5.74) is 7.76. The minimum atomic E-state index is -0.227. The van der Waals surface area contributed by atoms with E-state index in [9.17, 15) is 4.79 Å². The number of piperidine rings is 1. The average molecular weight is 342 g/mol. The fourth-order valence-electron chi connectivity index (χ4n) is 3.18. The molecule has 2 N–H and O–H groups in total. The number of hydrogen-bond acceptors (Lipinski definition) is 5. The second-order valence-electron chi connectivity index (χ2n) is 7.82. The molecule has 1 fully saturated rings. The molecule has 2 heterocycles. The van der Waals surface area contributed by atoms with E-state index in [1.165, 1.54) is 5.56 Å². The summed E-state index contributed by atoms with van der Waals surface area (Å²) in [6, 6.07) is 8.26. The lowest BCUT2D eigenvalue weighted by Crippen LogP contribution is -2.40. The van der Waals surface area contributed by atoms with Crippen LogP contribution in [0.2, 0.25) is 0 Å². The number of hydrogen-bond donors (Lipinski definition) is 1. The molecule has 1 unspecified atom stereocenters. The monoisotopic (exact) mass is 342 g/mol. The maximum Gasteiger partial charge on any atom is 0.241 e. The Bertz CT molecular complexity index is 731. The van der Waals surface area contributed by atoms with Gasteiger partial charge in [0.2, 0.25) is 17.6 Å². The topological polar surface area (TPSA) is 85.3 Å². The van der Waals surface area contributed by atoms with E-state index in [0.29, 0.717) is 24.8 Å². The predicted molar refractivity (Wildman–Crippen MR) is 95.6 cm³/mol. The van der Waals surface area contributed by atoms with Crippen molar-refractivity contribution in [2.45, 2.75) is 45.6 Å². The standard InChI is InChI=1S/C19H26N4O2/c1-19(2,3)15-8-6-13(7-9-15)18-21-16(25-22-18)12-23-10-4-5-14(11-23)17(20)24/h6-9,14H,4-5,10-12H2,1-3H3,(H2,20,24). The number of nitrogens with two attached hydrogens (primary N) is 1. The number of rotatable bonds is 4. The van der Waals surface area contributed by atoms with Gasteiger partial charge in [-0.15, -0.1) is 0 Å². The molecule has 2 aromatic rings. The molecule has 1 aliphatic rings. The summed E-state index contributed by atoms with van der Waals surface area (Å²) >= 11 is 0. The predicted octanol–water partition coefficient (Wildman–Crippen LogP) is 2.73. The first-order chi connectivity index (χ1) is 11.8. The maximum atomic E-state index is 11.4. The molecule has 1 atom stereocenters. The van der Waals surface area contributed by atoms with E-state index in [1.54, 1.807) is 0 Å². The van der Waals surface area contributed by atoms with Crippen LogP contribution in [0.5, 0.6) is 0 Å². The molecule has 0 bridgehead atoms. The largest absolute Gasteiger partial charge is 0.369 e. The Balaban J connectivity index is 1.67. The zero-order valence-corrected chi connectivity index (χ0v) is 15.2. The zero-order valence-electron chi connectivity index (χ0n) is 15.2. The summed E-state index contributed by atoms with van der Waals surface area (Å²) in [5, 5.41) is 4.09. The summed E-state index contributed by atoms with van der Waals surface area (Å²) in [7, 11) is 0. The van der Waals surface area contributed by atoms with Crippen molar-refractivity contribution >= 4 is 5.91 Å². The van der Waals surface area contributed by atoms with Gasteiger partial charge in [-0.2, -0.15) is 4.98 Å². The van der Waals surface area contributed by atoms with E-state index in [0.717, 1.165) is 24.9 Å². The minimum absolute atomic E-state index is 0.0823. The smallest absolute Gasteiger partial charge is 0.241 e. The van der Waals surface area contributed by atoms with Crippen LogP contribution in [-0.4, -0.2) is 34.0 Å². The number of carbonyl (C=O) groups is 1. The Kier molecular flexibility index (Phi) is 4.90. The van der Waals surface area contributed by atoms with Crippen LogP contribution < -0.4 is 5.73 Å². The van der Waals surface area contributed by atoms with Gasteiger partial charge in [0.1, 0.15) is 0 Å². The van der Waals surface area contributed by atoms with E-state index in [2.05, 4.69) is 47.9 Å². The first-order valence-corrected chi connectivity index (χ1v) is 8.78. The van der Waals surface area contributed by atoms with Crippen molar-refractivity contribution in [3.63, 3.8) is 0 Å². The third-order valence-electron chi connectivity index (χ3n) is 4.74. The van der Waals surface area contributed by atoms with Crippen LogP contribution >= 0.6 is 0 Å². The van der Waals surface area contributed by atoms with Crippen molar-refractivity contribution in [3.05, 3.63) is 35.7 Å². The molecule has 1 saturated heterocycles. The van der Waals surface area contributed by atoms with E-state index >= 15 is 0 Å². The molecule has 6 nitrogen and oxygen atoms in total. The molecule has 6 heteroatoms. The van der Waals surface area contributed by atoms with Crippen LogP contribution in [0.1, 0.15) is 45.1 Å². The van der Waals surface area contributed by atoms with Gasteiger partial charge in [-0.05, 0) is 30.4 Å². The SMILES string of the molecule is CC(C)(C)c1ccc(-c2noc(CN3CCCC(C(N)=O)C3)n2)cc1. The molecule has 0 aliphatic carbocycles. The zero-order chi connectivity index (χ0) is 18.0. The molecule has 1 aromatic carbocycles. The van der Waals surface area contributed by atoms with Gasteiger partial charge in [-0.3, -0.25) is 9.69 Å². The van der Waals surface area contributed by atoms with Crippen LogP contribution in [0.25, 0.3) is 11.4 Å². The molecule has 3 rings (SSSR count). The molecule has 1 amide bonds. The van der Waals surface area contributed by atoms with Gasteiger partial charge in [0.15, 0.2) is 0 Å². The number of benzene rings is 1. The lowest BCUT2D eigenvalue weighted by molar-refractivity contribution is -0.123. The molecular formula is C19H26N4O2. The first kappa shape index (κ1) is 17.6. The van der Waals surface area contributed by atoms with Gasteiger partial charge in [0.25, 0.3) is 0 Å². The van der Waals surface area contributed by atoms with Crippen LogP contribution in [0.3, 0.4) is 0 Å². The van der Waals surface area contributed by atoms with Crippen molar-refractivity contribution in [3.8, 4) is 11.4 Å². The lowest BCUT2D eigenvalue weighted by Gasteiger charge is -2.29. The van der Waals surface area contributed by atoms with Crippen LogP contribution in [0, 0.1) is 5.92 Å². The third kappa shape index (κ3) is 4.25. The summed E-state index contributed by atoms with van der Waals surface area (Å²) < 4.78 is 5.40. The van der Waals surface area contributed by atoms with Gasteiger partial charge in [0, 0.05) is 12.1 Å². The molecule has 1 aliphatic heterocycles. The number of amides is 1. The normalized spacial score (nSPS) is 19.1. The van der Waals surface area contributed by atoms with Crippen molar-refractivity contribution in [1.29, 1.82) is 0 Å². The van der Waals surface area contributed by atoms with E-state index in [1.807, 2.05) is 12.1 Å². The lowest BCUT2D eigenvalue weighted by atomic mass is 9.87.